The Morgan fingerprint density at radius 2 is 2.26 bits per heavy atom. The number of halogens is 1. The lowest BCUT2D eigenvalue weighted by atomic mass is 10.2. The Bertz CT molecular complexity index is 633. The van der Waals surface area contributed by atoms with E-state index in [9.17, 15) is 4.79 Å². The van der Waals surface area contributed by atoms with Crippen molar-refractivity contribution in [2.45, 2.75) is 17.9 Å². The van der Waals surface area contributed by atoms with Crippen molar-refractivity contribution in [1.29, 1.82) is 0 Å². The molecule has 0 saturated heterocycles. The van der Waals surface area contributed by atoms with Crippen LogP contribution in [0, 0.1) is 6.92 Å². The van der Waals surface area contributed by atoms with E-state index < -0.39 is 12.0 Å². The van der Waals surface area contributed by atoms with Gasteiger partial charge in [0.15, 0.2) is 0 Å². The molecule has 2 rings (SSSR count). The Labute approximate surface area is 120 Å². The maximum atomic E-state index is 10.7. The molecule has 0 radical (unpaired) electrons. The number of aliphatic carboxylic acids is 1. The first kappa shape index (κ1) is 14.1. The number of nitrogens with two attached hydrogens (primary N) is 1. The number of nitrogens with zero attached hydrogens (tertiary/aromatic N) is 1. The molecular weight excluding hydrogens is 284 g/mol. The van der Waals surface area contributed by atoms with Gasteiger partial charge in [0.25, 0.3) is 0 Å². The molecule has 0 saturated carbocycles. The summed E-state index contributed by atoms with van der Waals surface area (Å²) in [6.07, 6.45) is 0. The Hall–Kier alpha value is -1.30. The third-order valence-electron chi connectivity index (χ3n) is 2.60. The maximum Gasteiger partial charge on any atom is 0.321 e. The van der Waals surface area contributed by atoms with Gasteiger partial charge in [0, 0.05) is 26.8 Å². The zero-order valence-electron chi connectivity index (χ0n) is 10.3. The van der Waals surface area contributed by atoms with Crippen LogP contribution in [-0.2, 0) is 4.79 Å². The standard InChI is InChI=1S/C13H13ClN2O2S/c1-7-4-12(19-6-10(15)13(17)18)9-5-8(14)2-3-11(9)16-7/h2-5,10H,6,15H2,1H3,(H,17,18). The molecule has 0 fully saturated rings. The van der Waals surface area contributed by atoms with E-state index >= 15 is 0 Å². The molecule has 0 aliphatic rings. The number of aryl methyl sites for hydroxylation is 1. The molecule has 1 unspecified atom stereocenters. The third-order valence-corrected chi connectivity index (χ3v) is 4.01. The van der Waals surface area contributed by atoms with Gasteiger partial charge in [-0.15, -0.1) is 11.8 Å². The van der Waals surface area contributed by atoms with Crippen LogP contribution in [0.4, 0.5) is 0 Å². The molecule has 4 nitrogen and oxygen atoms in total. The Morgan fingerprint density at radius 3 is 2.95 bits per heavy atom. The fourth-order valence-electron chi connectivity index (χ4n) is 1.66. The number of hydrogen-bond donors (Lipinski definition) is 2. The first-order valence-electron chi connectivity index (χ1n) is 5.65. The van der Waals surface area contributed by atoms with Gasteiger partial charge in [-0.05, 0) is 31.2 Å². The number of thioether (sulfide) groups is 1. The molecule has 2 aromatic rings. The summed E-state index contributed by atoms with van der Waals surface area (Å²) in [7, 11) is 0. The van der Waals surface area contributed by atoms with Gasteiger partial charge in [-0.2, -0.15) is 0 Å². The zero-order chi connectivity index (χ0) is 14.0. The summed E-state index contributed by atoms with van der Waals surface area (Å²) < 4.78 is 0. The lowest BCUT2D eigenvalue weighted by molar-refractivity contribution is -0.137. The Balaban J connectivity index is 2.36. The first-order chi connectivity index (χ1) is 8.97. The van der Waals surface area contributed by atoms with Gasteiger partial charge < -0.3 is 10.8 Å². The SMILES string of the molecule is Cc1cc(SCC(N)C(=O)O)c2cc(Cl)ccc2n1. The summed E-state index contributed by atoms with van der Waals surface area (Å²) in [5, 5.41) is 10.3. The monoisotopic (exact) mass is 296 g/mol. The van der Waals surface area contributed by atoms with Crippen LogP contribution in [0.15, 0.2) is 29.2 Å². The number of carboxylic acid groups (broad SMARTS) is 1. The van der Waals surface area contributed by atoms with Crippen molar-refractivity contribution in [3.05, 3.63) is 35.0 Å². The second-order valence-corrected chi connectivity index (χ2v) is 5.68. The van der Waals surface area contributed by atoms with E-state index in [0.29, 0.717) is 10.8 Å². The molecule has 0 amide bonds. The molecule has 1 heterocycles. The molecule has 100 valence electrons. The van der Waals surface area contributed by atoms with Crippen LogP contribution in [0.2, 0.25) is 5.02 Å². The molecule has 19 heavy (non-hydrogen) atoms. The molecule has 0 bridgehead atoms. The third kappa shape index (κ3) is 3.37. The van der Waals surface area contributed by atoms with Gasteiger partial charge in [0.2, 0.25) is 0 Å². The van der Waals surface area contributed by atoms with Crippen molar-refractivity contribution in [2.24, 2.45) is 5.73 Å². The Kier molecular flexibility index (Phi) is 4.29. The highest BCUT2D eigenvalue weighted by atomic mass is 35.5. The lowest BCUT2D eigenvalue weighted by Gasteiger charge is -2.10. The fourth-order valence-corrected chi connectivity index (χ4v) is 2.91. The topological polar surface area (TPSA) is 76.2 Å². The van der Waals surface area contributed by atoms with Gasteiger partial charge in [-0.25, -0.2) is 0 Å². The van der Waals surface area contributed by atoms with Crippen LogP contribution < -0.4 is 5.73 Å². The minimum atomic E-state index is -0.999. The highest BCUT2D eigenvalue weighted by Crippen LogP contribution is 2.30. The highest BCUT2D eigenvalue weighted by Gasteiger charge is 2.13. The number of aromatic nitrogens is 1. The van der Waals surface area contributed by atoms with Crippen molar-refractivity contribution in [3.8, 4) is 0 Å². The highest BCUT2D eigenvalue weighted by molar-refractivity contribution is 7.99. The van der Waals surface area contributed by atoms with Gasteiger partial charge in [-0.3, -0.25) is 9.78 Å². The summed E-state index contributed by atoms with van der Waals surface area (Å²) in [5.74, 6) is -0.693. The van der Waals surface area contributed by atoms with E-state index in [-0.39, 0.29) is 0 Å². The van der Waals surface area contributed by atoms with Crippen LogP contribution in [-0.4, -0.2) is 27.9 Å². The Morgan fingerprint density at radius 1 is 1.53 bits per heavy atom. The molecular formula is C13H13ClN2O2S. The number of benzene rings is 1. The largest absolute Gasteiger partial charge is 0.480 e. The number of carbonyl (C=O) groups is 1. The zero-order valence-corrected chi connectivity index (χ0v) is 11.8. The molecule has 1 aromatic heterocycles. The number of carboxylic acids is 1. The molecule has 0 aliphatic heterocycles. The average molecular weight is 297 g/mol. The van der Waals surface area contributed by atoms with Crippen LogP contribution in [0.25, 0.3) is 10.9 Å². The van der Waals surface area contributed by atoms with E-state index in [0.717, 1.165) is 21.5 Å². The fraction of sp³-hybridized carbons (Fsp3) is 0.231. The summed E-state index contributed by atoms with van der Waals surface area (Å²) in [4.78, 5) is 16.1. The minimum absolute atomic E-state index is 0.306. The molecule has 3 N–H and O–H groups in total. The van der Waals surface area contributed by atoms with Crippen molar-refractivity contribution in [2.75, 3.05) is 5.75 Å². The predicted molar refractivity (Wildman–Crippen MR) is 77.8 cm³/mol. The van der Waals surface area contributed by atoms with E-state index in [1.807, 2.05) is 25.1 Å². The van der Waals surface area contributed by atoms with Crippen molar-refractivity contribution in [3.63, 3.8) is 0 Å². The van der Waals surface area contributed by atoms with Gasteiger partial charge in [0.05, 0.1) is 5.52 Å². The van der Waals surface area contributed by atoms with Gasteiger partial charge in [0.1, 0.15) is 6.04 Å². The lowest BCUT2D eigenvalue weighted by Crippen LogP contribution is -2.32. The molecule has 0 spiro atoms. The number of pyridine rings is 1. The predicted octanol–water partition coefficient (Wildman–Crippen LogP) is 2.70. The summed E-state index contributed by atoms with van der Waals surface area (Å²) >= 11 is 7.39. The van der Waals surface area contributed by atoms with E-state index in [2.05, 4.69) is 4.98 Å². The van der Waals surface area contributed by atoms with Crippen LogP contribution in [0.1, 0.15) is 5.69 Å². The van der Waals surface area contributed by atoms with Crippen molar-refractivity contribution < 1.29 is 9.90 Å². The maximum absolute atomic E-state index is 10.7. The van der Waals surface area contributed by atoms with Gasteiger partial charge in [-0.1, -0.05) is 11.6 Å². The summed E-state index contributed by atoms with van der Waals surface area (Å²) in [5.41, 5.74) is 7.23. The number of hydrogen-bond acceptors (Lipinski definition) is 4. The summed E-state index contributed by atoms with van der Waals surface area (Å²) in [6, 6.07) is 6.50. The van der Waals surface area contributed by atoms with Crippen molar-refractivity contribution in [1.82, 2.24) is 4.98 Å². The quantitative estimate of drug-likeness (QED) is 0.848. The van der Waals surface area contributed by atoms with E-state index in [4.69, 9.17) is 22.4 Å². The van der Waals surface area contributed by atoms with E-state index in [1.54, 1.807) is 6.07 Å². The number of rotatable bonds is 4. The van der Waals surface area contributed by atoms with Crippen LogP contribution in [0.5, 0.6) is 0 Å². The second-order valence-electron chi connectivity index (χ2n) is 4.18. The molecule has 0 aliphatic carbocycles. The van der Waals surface area contributed by atoms with Crippen LogP contribution >= 0.6 is 23.4 Å². The molecule has 1 aromatic carbocycles. The van der Waals surface area contributed by atoms with E-state index in [1.165, 1.54) is 11.8 Å². The number of fused-ring (bicyclic) bond motifs is 1. The van der Waals surface area contributed by atoms with Gasteiger partial charge >= 0.3 is 5.97 Å². The smallest absolute Gasteiger partial charge is 0.321 e. The van der Waals surface area contributed by atoms with Crippen LogP contribution in [0.3, 0.4) is 0 Å². The normalized spacial score (nSPS) is 12.6. The molecule has 6 heteroatoms. The average Bonchev–Trinajstić information content (AvgIpc) is 2.36. The minimum Gasteiger partial charge on any atom is -0.480 e. The molecule has 1 atom stereocenters. The van der Waals surface area contributed by atoms with Crippen molar-refractivity contribution >= 4 is 40.2 Å². The second kappa shape index (κ2) is 5.77. The summed E-state index contributed by atoms with van der Waals surface area (Å²) in [6.45, 7) is 1.90. The first-order valence-corrected chi connectivity index (χ1v) is 7.02.